The molecule has 0 fully saturated rings. The third-order valence-corrected chi connectivity index (χ3v) is 8.71. The lowest BCUT2D eigenvalue weighted by molar-refractivity contribution is 0.483. The Balaban J connectivity index is 1.30. The SMILES string of the molecule is Cc1ccc(-n2c3cc(Oc4cccc(-c5ccccn5)c4)ccc3c3c4c5ccccc5n(-c5ccccc5)c4ccc32)nc1. The number of benzene rings is 5. The maximum absolute atomic E-state index is 6.51. The van der Waals surface area contributed by atoms with Gasteiger partial charge in [-0.3, -0.25) is 9.55 Å². The van der Waals surface area contributed by atoms with Crippen molar-refractivity contribution in [1.82, 2.24) is 19.1 Å². The molecule has 0 aliphatic heterocycles. The first-order valence-corrected chi connectivity index (χ1v) is 15.4. The highest BCUT2D eigenvalue weighted by molar-refractivity contribution is 6.28. The number of rotatable bonds is 5. The molecule has 5 nitrogen and oxygen atoms in total. The summed E-state index contributed by atoms with van der Waals surface area (Å²) in [6, 6.07) is 48.3. The van der Waals surface area contributed by atoms with Crippen LogP contribution in [0.15, 0.2) is 152 Å². The molecular weight excluding hydrogens is 564 g/mol. The van der Waals surface area contributed by atoms with E-state index in [4.69, 9.17) is 9.72 Å². The number of ether oxygens (including phenoxy) is 1. The molecule has 0 amide bonds. The maximum Gasteiger partial charge on any atom is 0.137 e. The molecule has 0 saturated heterocycles. The van der Waals surface area contributed by atoms with Crippen LogP contribution in [0, 0.1) is 6.92 Å². The van der Waals surface area contributed by atoms with Crippen molar-refractivity contribution in [3.63, 3.8) is 0 Å². The van der Waals surface area contributed by atoms with Crippen LogP contribution in [0.25, 0.3) is 66.4 Å². The van der Waals surface area contributed by atoms with E-state index in [1.807, 2.05) is 48.8 Å². The molecule has 0 bridgehead atoms. The van der Waals surface area contributed by atoms with Gasteiger partial charge in [0.25, 0.3) is 0 Å². The normalized spacial score (nSPS) is 11.6. The number of nitrogens with zero attached hydrogens (tertiary/aromatic N) is 4. The zero-order chi connectivity index (χ0) is 30.6. The molecule has 218 valence electrons. The van der Waals surface area contributed by atoms with E-state index in [9.17, 15) is 0 Å². The van der Waals surface area contributed by atoms with Crippen LogP contribution in [0.3, 0.4) is 0 Å². The average molecular weight is 593 g/mol. The Morgan fingerprint density at radius 2 is 1.28 bits per heavy atom. The molecule has 0 spiro atoms. The smallest absolute Gasteiger partial charge is 0.137 e. The molecule has 0 atom stereocenters. The highest BCUT2D eigenvalue weighted by Gasteiger charge is 2.21. The fraction of sp³-hybridized carbons (Fsp3) is 0.0244. The fourth-order valence-corrected chi connectivity index (χ4v) is 6.69. The molecule has 0 aliphatic rings. The van der Waals surface area contributed by atoms with Gasteiger partial charge in [0.05, 0.1) is 27.8 Å². The molecule has 4 aromatic heterocycles. The lowest BCUT2D eigenvalue weighted by Crippen LogP contribution is -1.97. The molecule has 46 heavy (non-hydrogen) atoms. The predicted molar refractivity (Wildman–Crippen MR) is 187 cm³/mol. The van der Waals surface area contributed by atoms with Crippen molar-refractivity contribution in [3.05, 3.63) is 157 Å². The van der Waals surface area contributed by atoms with E-state index in [0.29, 0.717) is 0 Å². The predicted octanol–water partition coefficient (Wildman–Crippen LogP) is 10.4. The Labute approximate surface area is 265 Å². The van der Waals surface area contributed by atoms with Gasteiger partial charge in [-0.1, -0.05) is 60.7 Å². The third kappa shape index (κ3) is 4.17. The number of para-hydroxylation sites is 2. The molecule has 9 aromatic rings. The van der Waals surface area contributed by atoms with Crippen LogP contribution in [0.5, 0.6) is 11.5 Å². The minimum atomic E-state index is 0.754. The van der Waals surface area contributed by atoms with E-state index in [-0.39, 0.29) is 0 Å². The fourth-order valence-electron chi connectivity index (χ4n) is 6.69. The van der Waals surface area contributed by atoms with Gasteiger partial charge in [-0.2, -0.15) is 0 Å². The van der Waals surface area contributed by atoms with E-state index in [1.165, 1.54) is 27.2 Å². The number of hydrogen-bond donors (Lipinski definition) is 0. The zero-order valence-corrected chi connectivity index (χ0v) is 25.1. The topological polar surface area (TPSA) is 44.9 Å². The van der Waals surface area contributed by atoms with Gasteiger partial charge in [0.1, 0.15) is 17.3 Å². The summed E-state index contributed by atoms with van der Waals surface area (Å²) >= 11 is 0. The molecule has 0 N–H and O–H groups in total. The molecule has 0 saturated carbocycles. The number of aromatic nitrogens is 4. The van der Waals surface area contributed by atoms with Gasteiger partial charge in [0.15, 0.2) is 0 Å². The quantitative estimate of drug-likeness (QED) is 0.200. The first kappa shape index (κ1) is 26.2. The first-order chi connectivity index (χ1) is 22.7. The highest BCUT2D eigenvalue weighted by Crippen LogP contribution is 2.43. The molecule has 5 heteroatoms. The number of fused-ring (bicyclic) bond motifs is 7. The van der Waals surface area contributed by atoms with Gasteiger partial charge in [-0.25, -0.2) is 4.98 Å². The molecule has 0 aliphatic carbocycles. The van der Waals surface area contributed by atoms with E-state index >= 15 is 0 Å². The van der Waals surface area contributed by atoms with Gasteiger partial charge < -0.3 is 9.30 Å². The standard InChI is InChI=1S/C41H28N4O/c1-27-17-22-39(43-26-27)45-37-21-20-36-40(32-14-5-6-16-35(32)44(36)29-11-3-2-4-12-29)41(37)33-19-18-31(25-38(33)45)46-30-13-9-10-28(24-30)34-15-7-8-23-42-34/h2-26H,1H3. The second kappa shape index (κ2) is 10.5. The molecule has 9 rings (SSSR count). The zero-order valence-electron chi connectivity index (χ0n) is 25.1. The summed E-state index contributed by atoms with van der Waals surface area (Å²) < 4.78 is 11.1. The van der Waals surface area contributed by atoms with Gasteiger partial charge >= 0.3 is 0 Å². The van der Waals surface area contributed by atoms with Crippen LogP contribution in [0.2, 0.25) is 0 Å². The van der Waals surface area contributed by atoms with Crippen LogP contribution in [0.4, 0.5) is 0 Å². The van der Waals surface area contributed by atoms with Crippen LogP contribution >= 0.6 is 0 Å². The van der Waals surface area contributed by atoms with Gasteiger partial charge in [0.2, 0.25) is 0 Å². The van der Waals surface area contributed by atoms with Crippen LogP contribution < -0.4 is 4.74 Å². The molecule has 4 heterocycles. The largest absolute Gasteiger partial charge is 0.457 e. The number of aryl methyl sites for hydroxylation is 1. The number of pyridine rings is 2. The summed E-state index contributed by atoms with van der Waals surface area (Å²) in [6.07, 6.45) is 3.74. The van der Waals surface area contributed by atoms with Gasteiger partial charge in [-0.05, 0) is 85.3 Å². The van der Waals surface area contributed by atoms with Gasteiger partial charge in [0, 0.05) is 51.3 Å². The summed E-state index contributed by atoms with van der Waals surface area (Å²) in [5, 5.41) is 4.79. The minimum Gasteiger partial charge on any atom is -0.457 e. The average Bonchev–Trinajstić information content (AvgIpc) is 3.62. The van der Waals surface area contributed by atoms with Crippen LogP contribution in [0.1, 0.15) is 5.56 Å². The van der Waals surface area contributed by atoms with Crippen molar-refractivity contribution >= 4 is 43.6 Å². The van der Waals surface area contributed by atoms with Crippen molar-refractivity contribution in [2.45, 2.75) is 6.92 Å². The maximum atomic E-state index is 6.51. The van der Waals surface area contributed by atoms with Crippen molar-refractivity contribution in [2.24, 2.45) is 0 Å². The van der Waals surface area contributed by atoms with Crippen LogP contribution in [-0.4, -0.2) is 19.1 Å². The first-order valence-electron chi connectivity index (χ1n) is 15.4. The van der Waals surface area contributed by atoms with Crippen molar-refractivity contribution < 1.29 is 4.74 Å². The van der Waals surface area contributed by atoms with E-state index in [0.717, 1.165) is 56.2 Å². The second-order valence-electron chi connectivity index (χ2n) is 11.6. The monoisotopic (exact) mass is 592 g/mol. The molecule has 0 radical (unpaired) electrons. The molecular formula is C41H28N4O. The molecule has 0 unspecified atom stereocenters. The Kier molecular flexibility index (Phi) is 5.96. The summed E-state index contributed by atoms with van der Waals surface area (Å²) in [7, 11) is 0. The summed E-state index contributed by atoms with van der Waals surface area (Å²) in [6.45, 7) is 2.07. The Hall–Kier alpha value is -6.20. The second-order valence-corrected chi connectivity index (χ2v) is 11.6. The molecule has 5 aromatic carbocycles. The van der Waals surface area contributed by atoms with Gasteiger partial charge in [-0.15, -0.1) is 0 Å². The van der Waals surface area contributed by atoms with E-state index in [1.54, 1.807) is 0 Å². The Bertz CT molecular complexity index is 2550. The van der Waals surface area contributed by atoms with Crippen molar-refractivity contribution in [2.75, 3.05) is 0 Å². The lowest BCUT2D eigenvalue weighted by Gasteiger charge is -2.10. The van der Waals surface area contributed by atoms with E-state index < -0.39 is 0 Å². The summed E-state index contributed by atoms with van der Waals surface area (Å²) in [4.78, 5) is 9.40. The summed E-state index contributed by atoms with van der Waals surface area (Å²) in [5.41, 5.74) is 8.66. The number of hydrogen-bond acceptors (Lipinski definition) is 3. The van der Waals surface area contributed by atoms with E-state index in [2.05, 4.69) is 124 Å². The van der Waals surface area contributed by atoms with Crippen molar-refractivity contribution in [1.29, 1.82) is 0 Å². The van der Waals surface area contributed by atoms with Crippen molar-refractivity contribution in [3.8, 4) is 34.3 Å². The Morgan fingerprint density at radius 1 is 0.522 bits per heavy atom. The summed E-state index contributed by atoms with van der Waals surface area (Å²) in [5.74, 6) is 2.38. The Morgan fingerprint density at radius 3 is 2.09 bits per heavy atom. The van der Waals surface area contributed by atoms with Crippen LogP contribution in [-0.2, 0) is 0 Å². The lowest BCUT2D eigenvalue weighted by atomic mass is 10.1. The minimum absolute atomic E-state index is 0.754. The highest BCUT2D eigenvalue weighted by atomic mass is 16.5. The third-order valence-electron chi connectivity index (χ3n) is 8.71.